The maximum Gasteiger partial charge on any atom is 0.359 e. The summed E-state index contributed by atoms with van der Waals surface area (Å²) < 4.78 is 4.83. The fourth-order valence-electron chi connectivity index (χ4n) is 1.28. The van der Waals surface area contributed by atoms with Gasteiger partial charge in [-0.15, -0.1) is 0 Å². The van der Waals surface area contributed by atoms with Gasteiger partial charge in [-0.25, -0.2) is 14.8 Å². The second-order valence-electron chi connectivity index (χ2n) is 3.05. The molecular formula is C12H16N4O2. The van der Waals surface area contributed by atoms with E-state index in [-0.39, 0.29) is 18.0 Å². The molecule has 0 aliphatic carbocycles. The van der Waals surface area contributed by atoms with Crippen molar-refractivity contribution in [3.8, 4) is 0 Å². The number of carbonyl (C=O) groups is 1. The van der Waals surface area contributed by atoms with Crippen LogP contribution in [0.25, 0.3) is 11.2 Å². The van der Waals surface area contributed by atoms with E-state index in [0.29, 0.717) is 11.2 Å². The minimum atomic E-state index is -0.549. The van der Waals surface area contributed by atoms with E-state index in [9.17, 15) is 4.79 Å². The van der Waals surface area contributed by atoms with Gasteiger partial charge in [-0.05, 0) is 13.0 Å². The fraction of sp³-hybridized carbons (Fsp3) is 0.333. The van der Waals surface area contributed by atoms with Crippen molar-refractivity contribution >= 4 is 22.8 Å². The van der Waals surface area contributed by atoms with Crippen molar-refractivity contribution in [1.82, 2.24) is 15.0 Å². The number of fused-ring (bicyclic) bond motifs is 1. The van der Waals surface area contributed by atoms with Crippen molar-refractivity contribution in [2.75, 3.05) is 12.3 Å². The molecule has 0 bridgehead atoms. The first-order valence-corrected chi connectivity index (χ1v) is 5.76. The first-order valence-electron chi connectivity index (χ1n) is 5.76. The molecule has 0 atom stereocenters. The number of pyridine rings is 1. The number of ether oxygens (including phenoxy) is 1. The van der Waals surface area contributed by atoms with Crippen molar-refractivity contribution in [3.63, 3.8) is 0 Å². The Labute approximate surface area is 105 Å². The van der Waals surface area contributed by atoms with E-state index in [4.69, 9.17) is 10.5 Å². The molecule has 6 heteroatoms. The SMILES string of the molecule is CC.CCOC(=O)c1nc2nccnc2cc1N. The fourth-order valence-corrected chi connectivity index (χ4v) is 1.28. The van der Waals surface area contributed by atoms with Crippen LogP contribution in [0.1, 0.15) is 31.3 Å². The van der Waals surface area contributed by atoms with Crippen molar-refractivity contribution in [3.05, 3.63) is 24.2 Å². The van der Waals surface area contributed by atoms with Gasteiger partial charge in [0.25, 0.3) is 0 Å². The Bertz CT molecular complexity index is 543. The van der Waals surface area contributed by atoms with Gasteiger partial charge in [0.2, 0.25) is 0 Å². The molecule has 0 amide bonds. The lowest BCUT2D eigenvalue weighted by Gasteiger charge is -2.04. The molecule has 2 aromatic rings. The van der Waals surface area contributed by atoms with Gasteiger partial charge in [-0.3, -0.25) is 4.98 Å². The molecule has 0 saturated heterocycles. The molecule has 96 valence electrons. The van der Waals surface area contributed by atoms with Crippen LogP contribution in [-0.2, 0) is 4.74 Å². The summed E-state index contributed by atoms with van der Waals surface area (Å²) in [4.78, 5) is 23.5. The first-order chi connectivity index (χ1) is 8.72. The molecule has 0 radical (unpaired) electrons. The molecule has 2 rings (SSSR count). The van der Waals surface area contributed by atoms with Gasteiger partial charge in [0.15, 0.2) is 11.3 Å². The average Bonchev–Trinajstić information content (AvgIpc) is 2.40. The number of nitrogens with two attached hydrogens (primary N) is 1. The van der Waals surface area contributed by atoms with Gasteiger partial charge in [-0.1, -0.05) is 13.8 Å². The second-order valence-corrected chi connectivity index (χ2v) is 3.05. The number of carbonyl (C=O) groups excluding carboxylic acids is 1. The van der Waals surface area contributed by atoms with Crippen LogP contribution in [0.3, 0.4) is 0 Å². The molecule has 0 aromatic carbocycles. The highest BCUT2D eigenvalue weighted by Crippen LogP contribution is 2.15. The highest BCUT2D eigenvalue weighted by atomic mass is 16.5. The van der Waals surface area contributed by atoms with E-state index in [1.807, 2.05) is 13.8 Å². The summed E-state index contributed by atoms with van der Waals surface area (Å²) in [6.07, 6.45) is 3.04. The Balaban J connectivity index is 0.000000771. The Kier molecular flexibility index (Phi) is 4.98. The standard InChI is InChI=1S/C10H10N4O2.C2H6/c1-2-16-10(15)8-6(11)5-7-9(14-8)13-4-3-12-7;1-2/h3-5H,2,11H2,1H3;1-2H3. The Hall–Kier alpha value is -2.24. The highest BCUT2D eigenvalue weighted by molar-refractivity contribution is 5.95. The molecular weight excluding hydrogens is 232 g/mol. The normalized spacial score (nSPS) is 9.50. The number of anilines is 1. The van der Waals surface area contributed by atoms with Crippen molar-refractivity contribution in [2.45, 2.75) is 20.8 Å². The Morgan fingerprint density at radius 2 is 2.00 bits per heavy atom. The van der Waals surface area contributed by atoms with Crippen LogP contribution in [0.2, 0.25) is 0 Å². The van der Waals surface area contributed by atoms with Gasteiger partial charge in [0.05, 0.1) is 12.3 Å². The summed E-state index contributed by atoms with van der Waals surface area (Å²) in [6.45, 7) is 5.99. The van der Waals surface area contributed by atoms with Crippen LogP contribution in [0.5, 0.6) is 0 Å². The second kappa shape index (κ2) is 6.48. The number of nitrogens with zero attached hydrogens (tertiary/aromatic N) is 3. The van der Waals surface area contributed by atoms with E-state index in [1.54, 1.807) is 13.0 Å². The average molecular weight is 248 g/mol. The monoisotopic (exact) mass is 248 g/mol. The third-order valence-corrected chi connectivity index (χ3v) is 1.96. The van der Waals surface area contributed by atoms with Crippen LogP contribution in [0.15, 0.2) is 18.5 Å². The van der Waals surface area contributed by atoms with E-state index < -0.39 is 5.97 Å². The van der Waals surface area contributed by atoms with Crippen LogP contribution in [-0.4, -0.2) is 27.5 Å². The quantitative estimate of drug-likeness (QED) is 0.815. The number of rotatable bonds is 2. The predicted molar refractivity (Wildman–Crippen MR) is 69.0 cm³/mol. The van der Waals surface area contributed by atoms with E-state index in [0.717, 1.165) is 0 Å². The third-order valence-electron chi connectivity index (χ3n) is 1.96. The largest absolute Gasteiger partial charge is 0.461 e. The lowest BCUT2D eigenvalue weighted by Crippen LogP contribution is -2.11. The lowest BCUT2D eigenvalue weighted by atomic mass is 10.3. The van der Waals surface area contributed by atoms with Crippen LogP contribution in [0.4, 0.5) is 5.69 Å². The van der Waals surface area contributed by atoms with Crippen molar-refractivity contribution < 1.29 is 9.53 Å². The third kappa shape index (κ3) is 2.91. The predicted octanol–water partition coefficient (Wildman–Crippen LogP) is 1.81. The molecule has 2 heterocycles. The molecule has 2 aromatic heterocycles. The topological polar surface area (TPSA) is 91.0 Å². The number of hydrogen-bond donors (Lipinski definition) is 1. The molecule has 0 spiro atoms. The van der Waals surface area contributed by atoms with Gasteiger partial charge >= 0.3 is 5.97 Å². The maximum absolute atomic E-state index is 11.5. The first kappa shape index (κ1) is 13.8. The lowest BCUT2D eigenvalue weighted by molar-refractivity contribution is 0.0521. The van der Waals surface area contributed by atoms with Crippen molar-refractivity contribution in [2.24, 2.45) is 0 Å². The zero-order chi connectivity index (χ0) is 13.5. The van der Waals surface area contributed by atoms with Gasteiger partial charge in [0.1, 0.15) is 5.52 Å². The zero-order valence-corrected chi connectivity index (χ0v) is 10.7. The zero-order valence-electron chi connectivity index (χ0n) is 10.7. The summed E-state index contributed by atoms with van der Waals surface area (Å²) >= 11 is 0. The minimum absolute atomic E-state index is 0.0786. The molecule has 6 nitrogen and oxygen atoms in total. The molecule has 0 saturated carbocycles. The Morgan fingerprint density at radius 1 is 1.33 bits per heavy atom. The molecule has 18 heavy (non-hydrogen) atoms. The number of aromatic nitrogens is 3. The summed E-state index contributed by atoms with van der Waals surface area (Å²) in [5.41, 5.74) is 6.93. The maximum atomic E-state index is 11.5. The number of esters is 1. The minimum Gasteiger partial charge on any atom is -0.461 e. The van der Waals surface area contributed by atoms with Crippen LogP contribution in [0, 0.1) is 0 Å². The molecule has 0 unspecified atom stereocenters. The summed E-state index contributed by atoms with van der Waals surface area (Å²) in [7, 11) is 0. The van der Waals surface area contributed by atoms with Crippen LogP contribution >= 0.6 is 0 Å². The molecule has 2 N–H and O–H groups in total. The molecule has 0 fully saturated rings. The Morgan fingerprint density at radius 3 is 2.67 bits per heavy atom. The molecule has 0 aliphatic heterocycles. The molecule has 0 aliphatic rings. The smallest absolute Gasteiger partial charge is 0.359 e. The highest BCUT2D eigenvalue weighted by Gasteiger charge is 2.14. The van der Waals surface area contributed by atoms with E-state index >= 15 is 0 Å². The van der Waals surface area contributed by atoms with Gasteiger partial charge < -0.3 is 10.5 Å². The van der Waals surface area contributed by atoms with E-state index in [2.05, 4.69) is 15.0 Å². The van der Waals surface area contributed by atoms with Crippen molar-refractivity contribution in [1.29, 1.82) is 0 Å². The number of hydrogen-bond acceptors (Lipinski definition) is 6. The number of nitrogen functional groups attached to an aromatic ring is 1. The van der Waals surface area contributed by atoms with Crippen LogP contribution < -0.4 is 5.73 Å². The van der Waals surface area contributed by atoms with Gasteiger partial charge in [-0.2, -0.15) is 0 Å². The summed E-state index contributed by atoms with van der Waals surface area (Å²) in [6, 6.07) is 1.56. The van der Waals surface area contributed by atoms with Gasteiger partial charge in [0, 0.05) is 12.4 Å². The summed E-state index contributed by atoms with van der Waals surface area (Å²) in [5.74, 6) is -0.549. The van der Waals surface area contributed by atoms with E-state index in [1.165, 1.54) is 12.4 Å². The summed E-state index contributed by atoms with van der Waals surface area (Å²) in [5, 5.41) is 0.